The number of carbonyl (C=O) groups excluding carboxylic acids is 2. The Labute approximate surface area is 82.7 Å². The van der Waals surface area contributed by atoms with Gasteiger partial charge >= 0.3 is 18.0 Å². The summed E-state index contributed by atoms with van der Waals surface area (Å²) in [4.78, 5) is 35.4. The molecule has 0 aliphatic heterocycles. The molecule has 15 heavy (non-hydrogen) atoms. The fourth-order valence-electron chi connectivity index (χ4n) is 0.928. The van der Waals surface area contributed by atoms with E-state index in [0.717, 1.165) is 6.33 Å². The molecule has 1 aromatic rings. The molecular formula is C6H7N5O4. The maximum Gasteiger partial charge on any atom is 0.356 e. The molecule has 1 aromatic heterocycles. The topological polar surface area (TPSA) is 153 Å². The van der Waals surface area contributed by atoms with Crippen LogP contribution in [0.15, 0.2) is 6.33 Å². The van der Waals surface area contributed by atoms with E-state index in [-0.39, 0.29) is 5.82 Å². The van der Waals surface area contributed by atoms with Gasteiger partial charge in [-0.25, -0.2) is 23.9 Å². The van der Waals surface area contributed by atoms with Gasteiger partial charge in [-0.05, 0) is 0 Å². The summed E-state index contributed by atoms with van der Waals surface area (Å²) in [5.41, 5.74) is 9.09. The van der Waals surface area contributed by atoms with Crippen molar-refractivity contribution in [3.63, 3.8) is 0 Å². The molecule has 0 aliphatic rings. The van der Waals surface area contributed by atoms with Gasteiger partial charge in [-0.1, -0.05) is 0 Å². The number of imidazole rings is 1. The highest BCUT2D eigenvalue weighted by Gasteiger charge is 2.21. The third-order valence-corrected chi connectivity index (χ3v) is 1.45. The summed E-state index contributed by atoms with van der Waals surface area (Å²) < 4.78 is 0.577. The first-order chi connectivity index (χ1) is 6.93. The first-order valence-electron chi connectivity index (χ1n) is 3.60. The number of carboxylic acid groups (broad SMARTS) is 1. The van der Waals surface area contributed by atoms with Crippen LogP contribution in [-0.4, -0.2) is 32.7 Å². The molecule has 1 heterocycles. The first kappa shape index (κ1) is 10.5. The fraction of sp³-hybridized carbons (Fsp3) is 0. The van der Waals surface area contributed by atoms with E-state index in [1.807, 2.05) is 5.32 Å². The highest BCUT2D eigenvalue weighted by atomic mass is 16.4. The van der Waals surface area contributed by atoms with Gasteiger partial charge in [-0.3, -0.25) is 5.32 Å². The van der Waals surface area contributed by atoms with E-state index in [9.17, 15) is 14.4 Å². The monoisotopic (exact) mass is 213 g/mol. The second kappa shape index (κ2) is 3.65. The minimum absolute atomic E-state index is 0.339. The van der Waals surface area contributed by atoms with E-state index in [2.05, 4.69) is 4.98 Å². The van der Waals surface area contributed by atoms with Gasteiger partial charge in [-0.2, -0.15) is 0 Å². The van der Waals surface area contributed by atoms with Crippen LogP contribution in [0.2, 0.25) is 0 Å². The SMILES string of the molecule is NC(=O)Nc1ncn(C(N)=O)c1C(=O)O. The van der Waals surface area contributed by atoms with Crippen molar-refractivity contribution in [3.8, 4) is 0 Å². The third kappa shape index (κ3) is 2.02. The maximum atomic E-state index is 10.8. The van der Waals surface area contributed by atoms with Crippen LogP contribution in [0.1, 0.15) is 10.5 Å². The zero-order chi connectivity index (χ0) is 11.6. The highest BCUT2D eigenvalue weighted by molar-refractivity contribution is 5.99. The molecule has 0 saturated heterocycles. The lowest BCUT2D eigenvalue weighted by Crippen LogP contribution is -2.25. The Bertz CT molecular complexity index is 437. The number of rotatable bonds is 2. The van der Waals surface area contributed by atoms with E-state index in [1.54, 1.807) is 0 Å². The Hall–Kier alpha value is -2.58. The molecule has 0 aliphatic carbocycles. The Morgan fingerprint density at radius 2 is 2.00 bits per heavy atom. The van der Waals surface area contributed by atoms with Gasteiger partial charge < -0.3 is 16.6 Å². The number of amides is 3. The van der Waals surface area contributed by atoms with Crippen molar-refractivity contribution in [3.05, 3.63) is 12.0 Å². The van der Waals surface area contributed by atoms with Crippen molar-refractivity contribution in [1.29, 1.82) is 0 Å². The molecule has 0 unspecified atom stereocenters. The number of carboxylic acids is 1. The smallest absolute Gasteiger partial charge is 0.356 e. The molecule has 0 atom stereocenters. The second-order valence-corrected chi connectivity index (χ2v) is 2.44. The van der Waals surface area contributed by atoms with Gasteiger partial charge in [0.2, 0.25) is 0 Å². The summed E-state index contributed by atoms with van der Waals surface area (Å²) in [7, 11) is 0. The number of aromatic nitrogens is 2. The Kier molecular flexibility index (Phi) is 2.56. The van der Waals surface area contributed by atoms with E-state index in [0.29, 0.717) is 4.57 Å². The number of anilines is 1. The Morgan fingerprint density at radius 1 is 1.40 bits per heavy atom. The van der Waals surface area contributed by atoms with Crippen LogP contribution >= 0.6 is 0 Å². The van der Waals surface area contributed by atoms with Gasteiger partial charge in [-0.15, -0.1) is 0 Å². The van der Waals surface area contributed by atoms with Crippen molar-refractivity contribution in [2.75, 3.05) is 5.32 Å². The number of primary amides is 2. The van der Waals surface area contributed by atoms with Crippen molar-refractivity contribution in [2.24, 2.45) is 11.5 Å². The summed E-state index contributed by atoms with van der Waals surface area (Å²) in [6.07, 6.45) is 0.872. The van der Waals surface area contributed by atoms with Crippen molar-refractivity contribution in [1.82, 2.24) is 9.55 Å². The molecule has 9 heteroatoms. The van der Waals surface area contributed by atoms with Crippen LogP contribution in [0.4, 0.5) is 15.4 Å². The summed E-state index contributed by atoms with van der Waals surface area (Å²) >= 11 is 0. The molecule has 80 valence electrons. The molecule has 3 amide bonds. The molecule has 6 N–H and O–H groups in total. The zero-order valence-electron chi connectivity index (χ0n) is 7.30. The average Bonchev–Trinajstić information content (AvgIpc) is 2.46. The van der Waals surface area contributed by atoms with Crippen LogP contribution < -0.4 is 16.8 Å². The van der Waals surface area contributed by atoms with E-state index in [1.165, 1.54) is 0 Å². The van der Waals surface area contributed by atoms with E-state index < -0.39 is 23.7 Å². The number of nitrogens with one attached hydrogen (secondary N) is 1. The molecule has 0 fully saturated rings. The Morgan fingerprint density at radius 3 is 2.40 bits per heavy atom. The first-order valence-corrected chi connectivity index (χ1v) is 3.60. The summed E-state index contributed by atoms with van der Waals surface area (Å²) in [5.74, 6) is -1.80. The van der Waals surface area contributed by atoms with Gasteiger partial charge in [0.1, 0.15) is 6.33 Å². The number of nitrogens with two attached hydrogens (primary N) is 2. The number of carbonyl (C=O) groups is 3. The molecule has 0 aromatic carbocycles. The zero-order valence-corrected chi connectivity index (χ0v) is 7.30. The van der Waals surface area contributed by atoms with Crippen molar-refractivity contribution < 1.29 is 19.5 Å². The predicted octanol–water partition coefficient (Wildman–Crippen LogP) is -1.00. The summed E-state index contributed by atoms with van der Waals surface area (Å²) in [6.45, 7) is 0. The van der Waals surface area contributed by atoms with Crippen LogP contribution in [0.25, 0.3) is 0 Å². The van der Waals surface area contributed by atoms with Crippen LogP contribution in [-0.2, 0) is 0 Å². The average molecular weight is 213 g/mol. The standard InChI is InChI=1S/C6H7N5O4/c7-5(14)10-3-2(4(12)13)11(1-9-3)6(8)15/h1H,(H2,8,15)(H,12,13)(H3,7,10,14). The third-order valence-electron chi connectivity index (χ3n) is 1.45. The van der Waals surface area contributed by atoms with E-state index in [4.69, 9.17) is 16.6 Å². The maximum absolute atomic E-state index is 10.8. The number of hydrogen-bond donors (Lipinski definition) is 4. The van der Waals surface area contributed by atoms with Crippen LogP contribution in [0.3, 0.4) is 0 Å². The van der Waals surface area contributed by atoms with Gasteiger partial charge in [0.05, 0.1) is 0 Å². The molecule has 9 nitrogen and oxygen atoms in total. The van der Waals surface area contributed by atoms with Crippen LogP contribution in [0, 0.1) is 0 Å². The predicted molar refractivity (Wildman–Crippen MR) is 47.4 cm³/mol. The minimum atomic E-state index is -1.46. The quantitative estimate of drug-likeness (QED) is 0.496. The number of aromatic carboxylic acids is 1. The molecule has 1 rings (SSSR count). The fourth-order valence-corrected chi connectivity index (χ4v) is 0.928. The molecule has 0 spiro atoms. The molecule has 0 saturated carbocycles. The normalized spacial score (nSPS) is 9.60. The van der Waals surface area contributed by atoms with E-state index >= 15 is 0 Å². The lowest BCUT2D eigenvalue weighted by molar-refractivity contribution is 0.0688. The lowest BCUT2D eigenvalue weighted by atomic mass is 10.4. The van der Waals surface area contributed by atoms with Gasteiger partial charge in [0, 0.05) is 0 Å². The largest absolute Gasteiger partial charge is 0.476 e. The number of nitrogens with zero attached hydrogens (tertiary/aromatic N) is 2. The van der Waals surface area contributed by atoms with Crippen molar-refractivity contribution in [2.45, 2.75) is 0 Å². The molecule has 0 bridgehead atoms. The Balaban J connectivity index is 3.24. The van der Waals surface area contributed by atoms with Crippen molar-refractivity contribution >= 4 is 23.8 Å². The lowest BCUT2D eigenvalue weighted by Gasteiger charge is -2.01. The second-order valence-electron chi connectivity index (χ2n) is 2.44. The molecule has 0 radical (unpaired) electrons. The van der Waals surface area contributed by atoms with Gasteiger partial charge in [0.15, 0.2) is 11.5 Å². The number of urea groups is 1. The number of hydrogen-bond acceptors (Lipinski definition) is 4. The summed E-state index contributed by atoms with van der Waals surface area (Å²) in [5, 5.41) is 10.7. The highest BCUT2D eigenvalue weighted by Crippen LogP contribution is 2.12. The van der Waals surface area contributed by atoms with Crippen LogP contribution in [0.5, 0.6) is 0 Å². The summed E-state index contributed by atoms with van der Waals surface area (Å²) in [6, 6.07) is -2.02. The minimum Gasteiger partial charge on any atom is -0.476 e. The molecular weight excluding hydrogens is 206 g/mol. The van der Waals surface area contributed by atoms with Gasteiger partial charge in [0.25, 0.3) is 0 Å².